The minimum Gasteiger partial charge on any atom is -0.376 e. The number of fused-ring (bicyclic) bond motifs is 1. The Balaban J connectivity index is 1.37. The number of nitrogens with zero attached hydrogens (tertiary/aromatic N) is 5. The molecular weight excluding hydrogens is 396 g/mol. The lowest BCUT2D eigenvalue weighted by molar-refractivity contribution is 0.108. The van der Waals surface area contributed by atoms with E-state index in [1.54, 1.807) is 11.9 Å². The molecule has 3 aromatic rings. The fourth-order valence-electron chi connectivity index (χ4n) is 3.59. The van der Waals surface area contributed by atoms with Crippen LogP contribution in [0.2, 0.25) is 0 Å². The standard InChI is InChI=1S/C22H28N6O3/c1-15(2)28-18-10-12-30-14-17(18)20(25-28)21-24-19(26-31-21)9-11-27(3)22(29)23-13-16-7-5-4-6-8-16/h4-8,15H,9-14H2,1-3H3,(H,23,29). The van der Waals surface area contributed by atoms with Crippen molar-refractivity contribution in [2.45, 2.75) is 45.9 Å². The highest BCUT2D eigenvalue weighted by molar-refractivity contribution is 5.73. The van der Waals surface area contributed by atoms with Gasteiger partial charge < -0.3 is 19.5 Å². The number of benzene rings is 1. The summed E-state index contributed by atoms with van der Waals surface area (Å²) in [5, 5.41) is 11.7. The second kappa shape index (κ2) is 9.30. The fourth-order valence-corrected chi connectivity index (χ4v) is 3.59. The molecule has 1 aliphatic rings. The van der Waals surface area contributed by atoms with Crippen LogP contribution in [0.4, 0.5) is 4.79 Å². The van der Waals surface area contributed by atoms with Gasteiger partial charge in [0.05, 0.1) is 13.2 Å². The van der Waals surface area contributed by atoms with E-state index < -0.39 is 0 Å². The van der Waals surface area contributed by atoms with Crippen LogP contribution in [0.1, 0.15) is 42.5 Å². The van der Waals surface area contributed by atoms with Crippen molar-refractivity contribution in [1.82, 2.24) is 30.1 Å². The van der Waals surface area contributed by atoms with Crippen molar-refractivity contribution in [1.29, 1.82) is 0 Å². The van der Waals surface area contributed by atoms with E-state index in [2.05, 4.69) is 29.3 Å². The number of hydrogen-bond acceptors (Lipinski definition) is 6. The lowest BCUT2D eigenvalue weighted by atomic mass is 10.1. The molecule has 1 aromatic carbocycles. The molecule has 0 aliphatic carbocycles. The number of aromatic nitrogens is 4. The Labute approximate surface area is 181 Å². The number of carbonyl (C=O) groups excluding carboxylic acids is 1. The van der Waals surface area contributed by atoms with Gasteiger partial charge in [-0.15, -0.1) is 0 Å². The minimum atomic E-state index is -0.144. The van der Waals surface area contributed by atoms with Gasteiger partial charge in [-0.2, -0.15) is 10.1 Å². The summed E-state index contributed by atoms with van der Waals surface area (Å²) in [6.07, 6.45) is 1.31. The molecular formula is C22H28N6O3. The van der Waals surface area contributed by atoms with Gasteiger partial charge in [-0.25, -0.2) is 4.79 Å². The Morgan fingerprint density at radius 3 is 2.87 bits per heavy atom. The maximum atomic E-state index is 12.3. The smallest absolute Gasteiger partial charge is 0.317 e. The molecule has 3 heterocycles. The van der Waals surface area contributed by atoms with Gasteiger partial charge in [0.1, 0.15) is 0 Å². The third kappa shape index (κ3) is 4.77. The molecule has 31 heavy (non-hydrogen) atoms. The van der Waals surface area contributed by atoms with E-state index >= 15 is 0 Å². The van der Waals surface area contributed by atoms with Crippen molar-refractivity contribution >= 4 is 6.03 Å². The van der Waals surface area contributed by atoms with Gasteiger partial charge >= 0.3 is 6.03 Å². The molecule has 0 bridgehead atoms. The summed E-state index contributed by atoms with van der Waals surface area (Å²) in [5.41, 5.74) is 3.94. The van der Waals surface area contributed by atoms with Crippen LogP contribution in [-0.4, -0.2) is 51.1 Å². The second-order valence-corrected chi connectivity index (χ2v) is 7.95. The topological polar surface area (TPSA) is 98.3 Å². The third-order valence-corrected chi connectivity index (χ3v) is 5.31. The lowest BCUT2D eigenvalue weighted by Crippen LogP contribution is -2.38. The van der Waals surface area contributed by atoms with E-state index in [4.69, 9.17) is 14.4 Å². The van der Waals surface area contributed by atoms with Gasteiger partial charge in [0.15, 0.2) is 11.5 Å². The van der Waals surface area contributed by atoms with Crippen LogP contribution in [0.5, 0.6) is 0 Å². The first-order chi connectivity index (χ1) is 15.0. The lowest BCUT2D eigenvalue weighted by Gasteiger charge is -2.17. The number of likely N-dealkylation sites (N-methyl/N-ethyl adjacent to an activating group) is 1. The Hall–Kier alpha value is -3.20. The fraction of sp³-hybridized carbons (Fsp3) is 0.455. The second-order valence-electron chi connectivity index (χ2n) is 7.95. The number of hydrogen-bond donors (Lipinski definition) is 1. The maximum Gasteiger partial charge on any atom is 0.317 e. The van der Waals surface area contributed by atoms with Crippen LogP contribution < -0.4 is 5.32 Å². The van der Waals surface area contributed by atoms with Gasteiger partial charge in [0.25, 0.3) is 5.89 Å². The highest BCUT2D eigenvalue weighted by atomic mass is 16.5. The summed E-state index contributed by atoms with van der Waals surface area (Å²) < 4.78 is 13.1. The van der Waals surface area contributed by atoms with Gasteiger partial charge in [-0.3, -0.25) is 4.68 Å². The summed E-state index contributed by atoms with van der Waals surface area (Å²) in [4.78, 5) is 18.4. The van der Waals surface area contributed by atoms with Crippen LogP contribution in [0.15, 0.2) is 34.9 Å². The summed E-state index contributed by atoms with van der Waals surface area (Å²) in [7, 11) is 1.75. The molecule has 0 saturated heterocycles. The Kier molecular flexibility index (Phi) is 6.31. The van der Waals surface area contributed by atoms with Gasteiger partial charge in [-0.1, -0.05) is 35.5 Å². The van der Waals surface area contributed by atoms with Crippen LogP contribution in [0, 0.1) is 0 Å². The maximum absolute atomic E-state index is 12.3. The molecule has 0 spiro atoms. The molecule has 2 aromatic heterocycles. The SMILES string of the molecule is CC(C)n1nc(-c2nc(CCN(C)C(=O)NCc3ccccc3)no2)c2c1CCOC2. The molecule has 2 amide bonds. The molecule has 0 unspecified atom stereocenters. The molecule has 164 valence electrons. The van der Waals surface area contributed by atoms with Gasteiger partial charge in [0.2, 0.25) is 0 Å². The molecule has 0 saturated carbocycles. The highest BCUT2D eigenvalue weighted by Gasteiger charge is 2.26. The number of amides is 2. The van der Waals surface area contributed by atoms with Crippen molar-refractivity contribution in [3.05, 3.63) is 53.0 Å². The zero-order valence-electron chi connectivity index (χ0n) is 18.2. The molecule has 1 N–H and O–H groups in total. The van der Waals surface area contributed by atoms with E-state index in [9.17, 15) is 4.79 Å². The number of nitrogens with one attached hydrogen (secondary N) is 1. The molecule has 9 heteroatoms. The molecule has 0 atom stereocenters. The average molecular weight is 425 g/mol. The molecule has 0 fully saturated rings. The first-order valence-electron chi connectivity index (χ1n) is 10.6. The van der Waals surface area contributed by atoms with Crippen molar-refractivity contribution in [3.8, 4) is 11.6 Å². The summed E-state index contributed by atoms with van der Waals surface area (Å²) in [6, 6.07) is 9.91. The van der Waals surface area contributed by atoms with Crippen molar-refractivity contribution in [2.75, 3.05) is 20.2 Å². The number of ether oxygens (including phenoxy) is 1. The predicted octanol–water partition coefficient (Wildman–Crippen LogP) is 2.97. The van der Waals surface area contributed by atoms with Crippen LogP contribution in [0.3, 0.4) is 0 Å². The monoisotopic (exact) mass is 424 g/mol. The minimum absolute atomic E-state index is 0.144. The van der Waals surface area contributed by atoms with Crippen LogP contribution >= 0.6 is 0 Å². The largest absolute Gasteiger partial charge is 0.376 e. The number of carbonyl (C=O) groups is 1. The van der Waals surface area contributed by atoms with Crippen LogP contribution in [-0.2, 0) is 30.7 Å². The van der Waals surface area contributed by atoms with Crippen molar-refractivity contribution in [3.63, 3.8) is 0 Å². The number of urea groups is 1. The average Bonchev–Trinajstić information content (AvgIpc) is 3.41. The quantitative estimate of drug-likeness (QED) is 0.626. The molecule has 0 radical (unpaired) electrons. The summed E-state index contributed by atoms with van der Waals surface area (Å²) in [5.74, 6) is 0.939. The third-order valence-electron chi connectivity index (χ3n) is 5.31. The molecule has 9 nitrogen and oxygen atoms in total. The van der Waals surface area contributed by atoms with Crippen molar-refractivity contribution < 1.29 is 14.1 Å². The zero-order chi connectivity index (χ0) is 21.8. The Bertz CT molecular complexity index is 1030. The van der Waals surface area contributed by atoms with E-state index in [1.807, 2.05) is 35.0 Å². The normalized spacial score (nSPS) is 13.3. The predicted molar refractivity (Wildman–Crippen MR) is 114 cm³/mol. The molecule has 4 rings (SSSR count). The number of rotatable bonds is 7. The first kappa shape index (κ1) is 21.0. The van der Waals surface area contributed by atoms with Gasteiger partial charge in [0, 0.05) is 50.3 Å². The zero-order valence-corrected chi connectivity index (χ0v) is 18.2. The summed E-state index contributed by atoms with van der Waals surface area (Å²) in [6.45, 7) is 6.36. The highest BCUT2D eigenvalue weighted by Crippen LogP contribution is 2.29. The van der Waals surface area contributed by atoms with Gasteiger partial charge in [-0.05, 0) is 19.4 Å². The van der Waals surface area contributed by atoms with Crippen molar-refractivity contribution in [2.24, 2.45) is 0 Å². The van der Waals surface area contributed by atoms with E-state index in [1.165, 1.54) is 5.69 Å². The molecule has 1 aliphatic heterocycles. The Morgan fingerprint density at radius 2 is 2.10 bits per heavy atom. The van der Waals surface area contributed by atoms with E-state index in [0.29, 0.717) is 50.1 Å². The summed E-state index contributed by atoms with van der Waals surface area (Å²) >= 11 is 0. The first-order valence-corrected chi connectivity index (χ1v) is 10.6. The van der Waals surface area contributed by atoms with Crippen LogP contribution in [0.25, 0.3) is 11.6 Å². The van der Waals surface area contributed by atoms with E-state index in [0.717, 1.165) is 17.5 Å². The van der Waals surface area contributed by atoms with E-state index in [-0.39, 0.29) is 12.1 Å². The Morgan fingerprint density at radius 1 is 1.29 bits per heavy atom.